The third-order valence-corrected chi connectivity index (χ3v) is 24.4. The first-order chi connectivity index (χ1) is 47.2. The fraction of sp³-hybridized carbons (Fsp3) is 0.455. The van der Waals surface area contributed by atoms with E-state index in [1.807, 2.05) is 12.1 Å². The maximum atomic E-state index is 13.3. The number of rotatable bonds is 15. The molecule has 5 amide bonds. The number of amides is 5. The first-order valence-electron chi connectivity index (χ1n) is 32.0. The zero-order chi connectivity index (χ0) is 74.6. The summed E-state index contributed by atoms with van der Waals surface area (Å²) in [7, 11) is -16.3. The number of carbonyl (C=O) groups is 5. The van der Waals surface area contributed by atoms with Gasteiger partial charge < -0.3 is 34.0 Å². The molecule has 25 nitrogen and oxygen atoms in total. The molecule has 5 aliphatic rings. The van der Waals surface area contributed by atoms with Crippen LogP contribution in [0.25, 0.3) is 0 Å². The van der Waals surface area contributed by atoms with Gasteiger partial charge in [-0.1, -0.05) is 50.7 Å². The van der Waals surface area contributed by atoms with Crippen LogP contribution in [0, 0.1) is 79.8 Å². The Labute approximate surface area is 651 Å². The maximum absolute atomic E-state index is 13.3. The van der Waals surface area contributed by atoms with Crippen molar-refractivity contribution in [2.75, 3.05) is 123 Å². The number of halogens is 6. The van der Waals surface area contributed by atoms with Gasteiger partial charge in [0.15, 0.2) is 0 Å². The number of nitrogens with one attached hydrogen (secondary N) is 5. The Balaban J connectivity index is 0.000000271. The Bertz CT molecular complexity index is 3840. The summed E-state index contributed by atoms with van der Waals surface area (Å²) in [6.45, 7) is 3.48. The molecule has 5 saturated heterocycles. The molecule has 5 fully saturated rings. The molecular formula is C66H87BrCl3F2N10O15S5U-. The van der Waals surface area contributed by atoms with Gasteiger partial charge in [-0.05, 0) is 179 Å². The molecule has 5 unspecified atom stereocenters. The molecule has 0 bridgehead atoms. The molecule has 5 aromatic rings. The summed E-state index contributed by atoms with van der Waals surface area (Å²) in [5.41, 5.74) is 2.85. The van der Waals surface area contributed by atoms with E-state index < -0.39 is 61.9 Å². The minimum absolute atomic E-state index is 0. The van der Waals surface area contributed by atoms with Crippen LogP contribution in [0.4, 0.5) is 37.2 Å². The Morgan fingerprint density at radius 3 is 0.816 bits per heavy atom. The molecule has 5 N–H and O–H groups in total. The molecule has 5 heterocycles. The van der Waals surface area contributed by atoms with Gasteiger partial charge in [-0.15, -0.1) is 0 Å². The number of nitrogens with zero attached hydrogens (tertiary/aromatic N) is 5. The van der Waals surface area contributed by atoms with Crippen LogP contribution in [0.3, 0.4) is 0 Å². The van der Waals surface area contributed by atoms with Gasteiger partial charge in [0.2, 0.25) is 79.7 Å². The van der Waals surface area contributed by atoms with E-state index in [-0.39, 0.29) is 135 Å². The predicted octanol–water partition coefficient (Wildman–Crippen LogP) is 9.93. The van der Waals surface area contributed by atoms with Crippen molar-refractivity contribution in [2.24, 2.45) is 29.6 Å². The zero-order valence-corrected chi connectivity index (χ0v) is 69.8. The minimum Gasteiger partial charge on any atom is -0.358 e. The van der Waals surface area contributed by atoms with Crippen LogP contribution in [0.15, 0.2) is 120 Å². The van der Waals surface area contributed by atoms with Crippen molar-refractivity contribution in [1.82, 2.24) is 21.5 Å². The second-order valence-electron chi connectivity index (χ2n) is 24.9. The molecule has 568 valence electrons. The number of anilines is 5. The van der Waals surface area contributed by atoms with E-state index in [1.165, 1.54) is 76.7 Å². The summed E-state index contributed by atoms with van der Waals surface area (Å²) in [5.74, 6) is -3.68. The van der Waals surface area contributed by atoms with Crippen molar-refractivity contribution < 1.29 is 106 Å². The van der Waals surface area contributed by atoms with Gasteiger partial charge in [-0.2, -0.15) is 0 Å². The van der Waals surface area contributed by atoms with Gasteiger partial charge >= 0.3 is 0 Å². The third kappa shape index (κ3) is 31.2. The number of piperidine rings is 5. The smallest absolute Gasteiger partial charge is 0.228 e. The molecule has 0 radical (unpaired) electrons. The van der Waals surface area contributed by atoms with E-state index in [1.54, 1.807) is 60.7 Å². The van der Waals surface area contributed by atoms with Crippen LogP contribution in [-0.2, 0) is 74.1 Å². The van der Waals surface area contributed by atoms with E-state index in [9.17, 15) is 74.8 Å². The second-order valence-corrected chi connectivity index (χ2v) is 37.0. The molecule has 0 aromatic heterocycles. The van der Waals surface area contributed by atoms with Crippen LogP contribution in [-0.4, -0.2) is 190 Å². The fourth-order valence-corrected chi connectivity index (χ4v) is 16.4. The van der Waals surface area contributed by atoms with Crippen LogP contribution < -0.4 is 26.6 Å². The van der Waals surface area contributed by atoms with E-state index in [0.29, 0.717) is 130 Å². The van der Waals surface area contributed by atoms with Crippen molar-refractivity contribution >= 4 is 159 Å². The third-order valence-electron chi connectivity index (χ3n) is 16.8. The monoisotopic (exact) mass is 1880 g/mol. The summed E-state index contributed by atoms with van der Waals surface area (Å²) in [5, 5.41) is 14.9. The van der Waals surface area contributed by atoms with Crippen molar-refractivity contribution in [1.29, 1.82) is 0 Å². The summed E-state index contributed by atoms with van der Waals surface area (Å²) in [6.07, 6.45) is 12.6. The SMILES string of the molecule is CS(=O)(=O)N1CCCC(C(=O)Nc2ccc(Br)cc2)C1.CS(=O)(=O)N1CCCC(C(=O)Nc2ccc(Cl)c(F)c2)C1.CS(=O)(=O)N1CCCC(C(=O)Nc2ccc(Cl)cc2)C1.CS(=O)(=O)N1CCCC(C(=O)Nc2ccc(Cl)cc2)C1.CS(=O)(=O)N1CCCC(C(=O)Nc2ccc(F)cc2)C1.[CH3-].[U]. The first kappa shape index (κ1) is 90.7. The normalized spacial score (nSPS) is 20.1. The average molecular weight is 1880 g/mol. The Morgan fingerprint density at radius 2 is 0.583 bits per heavy atom. The van der Waals surface area contributed by atoms with E-state index in [4.69, 9.17) is 34.8 Å². The number of carbonyl (C=O) groups excluding carboxylic acids is 5. The number of benzene rings is 5. The van der Waals surface area contributed by atoms with E-state index in [0.717, 1.165) is 28.7 Å². The largest absolute Gasteiger partial charge is 0.358 e. The Kier molecular flexibility index (Phi) is 36.6. The summed E-state index contributed by atoms with van der Waals surface area (Å²) in [4.78, 5) is 60.7. The van der Waals surface area contributed by atoms with Gasteiger partial charge in [0.05, 0.1) is 65.9 Å². The standard InChI is InChI=1S/C13H17BrN2O3S.C13H16ClFN2O3S.2C13H17ClN2O3S.C13H17FN2O3S.CH3.U/c1-20(18,19)16-8-2-3-10(9-16)13(17)15-12-6-4-11(14)5-7-12;1-21(19,20)17-6-2-3-9(8-17)13(18)16-10-4-5-11(14)12(15)7-10;3*1-20(18,19)16-8-2-3-10(9-16)13(17)15-12-6-4-11(14)5-7-12;;/h4-7,10H,2-3,8-9H2,1H3,(H,15,17);4-5,7,9H,2-3,6,8H2,1H3,(H,16,18);3*4-7,10H,2-3,8-9H2,1H3,(H,15,17);1H3;/q;;;;;-1;. The van der Waals surface area contributed by atoms with Gasteiger partial charge in [0.1, 0.15) is 11.6 Å². The van der Waals surface area contributed by atoms with Gasteiger partial charge in [-0.3, -0.25) is 24.0 Å². The van der Waals surface area contributed by atoms with Gasteiger partial charge in [0.25, 0.3) is 0 Å². The van der Waals surface area contributed by atoms with Crippen LogP contribution in [0.2, 0.25) is 15.1 Å². The van der Waals surface area contributed by atoms with Crippen LogP contribution in [0.1, 0.15) is 64.2 Å². The number of hydrogen-bond donors (Lipinski definition) is 5. The predicted molar refractivity (Wildman–Crippen MR) is 400 cm³/mol. The average Bonchev–Trinajstić information content (AvgIpc) is 0.872. The van der Waals surface area contributed by atoms with Crippen molar-refractivity contribution in [2.45, 2.75) is 64.2 Å². The van der Waals surface area contributed by atoms with E-state index >= 15 is 0 Å². The Hall–Kier alpha value is -4.74. The van der Waals surface area contributed by atoms with Gasteiger partial charge in [0, 0.05) is 140 Å². The minimum atomic E-state index is -3.30. The molecular weight excluding hydrogens is 1800 g/mol. The summed E-state index contributed by atoms with van der Waals surface area (Å²) in [6, 6.07) is 30.4. The molecule has 0 saturated carbocycles. The quantitative estimate of drug-likeness (QED) is 0.0609. The second kappa shape index (κ2) is 41.6. The molecule has 5 atom stereocenters. The molecule has 103 heavy (non-hydrogen) atoms. The molecule has 0 spiro atoms. The van der Waals surface area contributed by atoms with Crippen molar-refractivity contribution in [3.63, 3.8) is 0 Å². The van der Waals surface area contributed by atoms with Crippen molar-refractivity contribution in [3.05, 3.63) is 154 Å². The van der Waals surface area contributed by atoms with E-state index in [2.05, 4.69) is 42.5 Å². The summed E-state index contributed by atoms with van der Waals surface area (Å²) < 4.78 is 149. The molecule has 5 aromatic carbocycles. The number of hydrogen-bond acceptors (Lipinski definition) is 15. The first-order valence-corrected chi connectivity index (χ1v) is 43.2. The topological polar surface area (TPSA) is 332 Å². The van der Waals surface area contributed by atoms with Gasteiger partial charge in [-0.25, -0.2) is 72.4 Å². The summed E-state index contributed by atoms with van der Waals surface area (Å²) >= 11 is 20.5. The molecule has 5 aliphatic heterocycles. The number of sulfonamides is 5. The van der Waals surface area contributed by atoms with Crippen molar-refractivity contribution in [3.8, 4) is 0 Å². The Morgan fingerprint density at radius 1 is 0.369 bits per heavy atom. The zero-order valence-electron chi connectivity index (χ0n) is 57.7. The maximum Gasteiger partial charge on any atom is 0.228 e. The molecule has 0 aliphatic carbocycles. The fourth-order valence-electron chi connectivity index (χ4n) is 11.2. The molecule has 10 rings (SSSR count). The van der Waals surface area contributed by atoms with Crippen LogP contribution >= 0.6 is 50.7 Å². The van der Waals surface area contributed by atoms with Crippen LogP contribution in [0.5, 0.6) is 0 Å². The molecule has 37 heteroatoms.